The van der Waals surface area contributed by atoms with Crippen LogP contribution in [-0.4, -0.2) is 24.5 Å². The molecule has 0 aromatic heterocycles. The third kappa shape index (κ3) is 3.10. The first-order valence-corrected chi connectivity index (χ1v) is 6.35. The molecule has 2 N–H and O–H groups in total. The zero-order valence-corrected chi connectivity index (χ0v) is 11.9. The molecule has 3 heteroatoms. The van der Waals surface area contributed by atoms with Gasteiger partial charge in [-0.1, -0.05) is 33.8 Å². The number of carbonyl (C=O) groups is 1. The number of phenolic OH excluding ortho intramolecular Hbond substituents is 1. The third-order valence-electron chi connectivity index (χ3n) is 3.02. The molecule has 0 aliphatic heterocycles. The number of hydrogen-bond donors (Lipinski definition) is 2. The van der Waals surface area contributed by atoms with E-state index in [0.717, 1.165) is 17.5 Å². The van der Waals surface area contributed by atoms with Gasteiger partial charge < -0.3 is 10.4 Å². The van der Waals surface area contributed by atoms with Crippen LogP contribution in [-0.2, 0) is 11.8 Å². The molecule has 0 aliphatic carbocycles. The SMILES string of the molecule is CCc1cc(C(=O)CNC)c(O)c(C(C)(C)C)c1. The van der Waals surface area contributed by atoms with Crippen LogP contribution in [0.25, 0.3) is 0 Å². The molecule has 0 aliphatic rings. The van der Waals surface area contributed by atoms with Crippen LogP contribution < -0.4 is 5.32 Å². The number of aryl methyl sites for hydroxylation is 1. The lowest BCUT2D eigenvalue weighted by Gasteiger charge is -2.23. The van der Waals surface area contributed by atoms with Gasteiger partial charge in [0.2, 0.25) is 0 Å². The maximum atomic E-state index is 12.0. The molecule has 0 bridgehead atoms. The number of aromatic hydroxyl groups is 1. The summed E-state index contributed by atoms with van der Waals surface area (Å²) in [6, 6.07) is 3.79. The monoisotopic (exact) mass is 249 g/mol. The molecule has 0 radical (unpaired) electrons. The largest absolute Gasteiger partial charge is 0.507 e. The highest BCUT2D eigenvalue weighted by Crippen LogP contribution is 2.34. The van der Waals surface area contributed by atoms with E-state index in [-0.39, 0.29) is 23.5 Å². The minimum atomic E-state index is -0.177. The summed E-state index contributed by atoms with van der Waals surface area (Å²) in [6.07, 6.45) is 0.850. The first-order valence-electron chi connectivity index (χ1n) is 6.35. The first kappa shape index (κ1) is 14.7. The minimum Gasteiger partial charge on any atom is -0.507 e. The van der Waals surface area contributed by atoms with Gasteiger partial charge in [0.05, 0.1) is 12.1 Å². The van der Waals surface area contributed by atoms with E-state index in [1.54, 1.807) is 13.1 Å². The highest BCUT2D eigenvalue weighted by molar-refractivity contribution is 6.00. The van der Waals surface area contributed by atoms with Crippen molar-refractivity contribution in [3.63, 3.8) is 0 Å². The highest BCUT2D eigenvalue weighted by atomic mass is 16.3. The van der Waals surface area contributed by atoms with Crippen molar-refractivity contribution in [3.05, 3.63) is 28.8 Å². The zero-order chi connectivity index (χ0) is 13.9. The number of phenols is 1. The molecule has 1 aromatic rings. The summed E-state index contributed by atoms with van der Waals surface area (Å²) >= 11 is 0. The van der Waals surface area contributed by atoms with Gasteiger partial charge in [-0.25, -0.2) is 0 Å². The summed E-state index contributed by atoms with van der Waals surface area (Å²) in [5, 5.41) is 13.1. The summed E-state index contributed by atoms with van der Waals surface area (Å²) in [6.45, 7) is 8.39. The summed E-state index contributed by atoms with van der Waals surface area (Å²) in [5.74, 6) is 0.0516. The predicted molar refractivity (Wildman–Crippen MR) is 74.4 cm³/mol. The van der Waals surface area contributed by atoms with Crippen LogP contribution in [0.1, 0.15) is 49.2 Å². The van der Waals surface area contributed by atoms with Crippen molar-refractivity contribution in [1.82, 2.24) is 5.32 Å². The second-order valence-corrected chi connectivity index (χ2v) is 5.60. The van der Waals surface area contributed by atoms with Crippen LogP contribution in [0.4, 0.5) is 0 Å². The third-order valence-corrected chi connectivity index (χ3v) is 3.02. The molecule has 1 aromatic carbocycles. The maximum absolute atomic E-state index is 12.0. The quantitative estimate of drug-likeness (QED) is 0.807. The van der Waals surface area contributed by atoms with Crippen LogP contribution in [0.3, 0.4) is 0 Å². The lowest BCUT2D eigenvalue weighted by molar-refractivity contribution is 0.0990. The number of ketones is 1. The lowest BCUT2D eigenvalue weighted by atomic mass is 9.83. The molecule has 100 valence electrons. The number of rotatable bonds is 4. The average Bonchev–Trinajstić information content (AvgIpc) is 2.28. The molecule has 0 heterocycles. The van der Waals surface area contributed by atoms with Crippen molar-refractivity contribution >= 4 is 5.78 Å². The fourth-order valence-electron chi connectivity index (χ4n) is 1.94. The maximum Gasteiger partial charge on any atom is 0.180 e. The molecule has 3 nitrogen and oxygen atoms in total. The molecular formula is C15H23NO2. The summed E-state index contributed by atoms with van der Waals surface area (Å²) in [7, 11) is 1.73. The van der Waals surface area contributed by atoms with E-state index in [0.29, 0.717) is 5.56 Å². The van der Waals surface area contributed by atoms with E-state index in [1.165, 1.54) is 0 Å². The van der Waals surface area contributed by atoms with Gasteiger partial charge in [-0.3, -0.25) is 4.79 Å². The Hall–Kier alpha value is -1.35. The highest BCUT2D eigenvalue weighted by Gasteiger charge is 2.23. The zero-order valence-electron chi connectivity index (χ0n) is 11.9. The molecule has 0 fully saturated rings. The normalized spacial score (nSPS) is 11.6. The molecular weight excluding hydrogens is 226 g/mol. The first-order chi connectivity index (χ1) is 8.31. The van der Waals surface area contributed by atoms with E-state index in [1.807, 2.05) is 33.8 Å². The van der Waals surface area contributed by atoms with Crippen LogP contribution >= 0.6 is 0 Å². The number of benzene rings is 1. The molecule has 0 saturated heterocycles. The van der Waals surface area contributed by atoms with Crippen molar-refractivity contribution in [2.45, 2.75) is 39.5 Å². The van der Waals surface area contributed by atoms with Gasteiger partial charge in [-0.2, -0.15) is 0 Å². The van der Waals surface area contributed by atoms with Gasteiger partial charge in [0.1, 0.15) is 5.75 Å². The van der Waals surface area contributed by atoms with Crippen LogP contribution in [0.2, 0.25) is 0 Å². The molecule has 0 amide bonds. The molecule has 0 spiro atoms. The van der Waals surface area contributed by atoms with Crippen molar-refractivity contribution < 1.29 is 9.90 Å². The summed E-state index contributed by atoms with van der Waals surface area (Å²) in [5.41, 5.74) is 2.16. The Morgan fingerprint density at radius 1 is 1.33 bits per heavy atom. The molecule has 0 saturated carbocycles. The van der Waals surface area contributed by atoms with E-state index in [2.05, 4.69) is 5.32 Å². The van der Waals surface area contributed by atoms with E-state index < -0.39 is 0 Å². The Morgan fingerprint density at radius 3 is 2.39 bits per heavy atom. The Balaban J connectivity index is 3.39. The predicted octanol–water partition coefficient (Wildman–Crippen LogP) is 2.65. The smallest absolute Gasteiger partial charge is 0.180 e. The van der Waals surface area contributed by atoms with Crippen molar-refractivity contribution in [2.75, 3.05) is 13.6 Å². The van der Waals surface area contributed by atoms with Gasteiger partial charge in [-0.05, 0) is 30.5 Å². The average molecular weight is 249 g/mol. The number of Topliss-reactive ketones (excluding diaryl/α,β-unsaturated/α-hetero) is 1. The Kier molecular flexibility index (Phi) is 4.52. The van der Waals surface area contributed by atoms with Gasteiger partial charge in [0, 0.05) is 5.56 Å². The van der Waals surface area contributed by atoms with Crippen molar-refractivity contribution in [3.8, 4) is 5.75 Å². The molecule has 0 unspecified atom stereocenters. The molecule has 18 heavy (non-hydrogen) atoms. The summed E-state index contributed by atoms with van der Waals surface area (Å²) < 4.78 is 0. The Bertz CT molecular complexity index is 445. The Morgan fingerprint density at radius 2 is 1.94 bits per heavy atom. The standard InChI is InChI=1S/C15H23NO2/c1-6-10-7-11(13(17)9-16-5)14(18)12(8-10)15(2,3)4/h7-8,16,18H,6,9H2,1-5H3. The molecule has 0 atom stereocenters. The number of hydrogen-bond acceptors (Lipinski definition) is 3. The fourth-order valence-corrected chi connectivity index (χ4v) is 1.94. The lowest BCUT2D eigenvalue weighted by Crippen LogP contribution is -2.20. The Labute approximate surface area is 109 Å². The topological polar surface area (TPSA) is 49.3 Å². The fraction of sp³-hybridized carbons (Fsp3) is 0.533. The number of nitrogens with one attached hydrogen (secondary N) is 1. The van der Waals surface area contributed by atoms with E-state index >= 15 is 0 Å². The number of likely N-dealkylation sites (N-methyl/N-ethyl adjacent to an activating group) is 1. The second kappa shape index (κ2) is 5.53. The van der Waals surface area contributed by atoms with Crippen molar-refractivity contribution in [2.24, 2.45) is 0 Å². The van der Waals surface area contributed by atoms with Crippen LogP contribution in [0, 0.1) is 0 Å². The van der Waals surface area contributed by atoms with Gasteiger partial charge in [0.15, 0.2) is 5.78 Å². The van der Waals surface area contributed by atoms with Gasteiger partial charge >= 0.3 is 0 Å². The van der Waals surface area contributed by atoms with Crippen LogP contribution in [0.15, 0.2) is 12.1 Å². The van der Waals surface area contributed by atoms with Gasteiger partial charge in [0.25, 0.3) is 0 Å². The summed E-state index contributed by atoms with van der Waals surface area (Å²) in [4.78, 5) is 12.0. The van der Waals surface area contributed by atoms with E-state index in [9.17, 15) is 9.90 Å². The second-order valence-electron chi connectivity index (χ2n) is 5.60. The number of carbonyl (C=O) groups excluding carboxylic acids is 1. The molecule has 1 rings (SSSR count). The van der Waals surface area contributed by atoms with Gasteiger partial charge in [-0.15, -0.1) is 0 Å². The minimum absolute atomic E-state index is 0.0733. The van der Waals surface area contributed by atoms with E-state index in [4.69, 9.17) is 0 Å². The van der Waals surface area contributed by atoms with Crippen molar-refractivity contribution in [1.29, 1.82) is 0 Å². The van der Waals surface area contributed by atoms with Crippen LogP contribution in [0.5, 0.6) is 5.75 Å².